The summed E-state index contributed by atoms with van der Waals surface area (Å²) < 4.78 is 50.6. The smallest absolute Gasteiger partial charge is 0.259 e. The average Bonchev–Trinajstić information content (AvgIpc) is 2.88. The second-order valence-corrected chi connectivity index (χ2v) is 11.0. The summed E-state index contributed by atoms with van der Waals surface area (Å²) in [7, 11) is -6.48. The second kappa shape index (κ2) is 9.60. The van der Waals surface area contributed by atoms with Crippen molar-refractivity contribution in [3.05, 3.63) is 82.6 Å². The van der Waals surface area contributed by atoms with Crippen LogP contribution < -0.4 is 26.3 Å². The Labute approximate surface area is 205 Å². The largest absolute Gasteiger partial charge is 0.321 e. The van der Waals surface area contributed by atoms with Gasteiger partial charge in [-0.05, 0) is 61.6 Å². The molecule has 1 amide bonds. The van der Waals surface area contributed by atoms with Crippen molar-refractivity contribution in [2.24, 2.45) is 5.84 Å². The number of fused-ring (bicyclic) bond motifs is 1. The van der Waals surface area contributed by atoms with E-state index in [-0.39, 0.29) is 32.4 Å². The molecule has 0 aliphatic carbocycles. The van der Waals surface area contributed by atoms with Crippen LogP contribution in [0.15, 0.2) is 81.3 Å². The van der Waals surface area contributed by atoms with Gasteiger partial charge in [-0.25, -0.2) is 26.5 Å². The zero-order chi connectivity index (χ0) is 26.1. The highest BCUT2D eigenvalue weighted by molar-refractivity contribution is 7.89. The highest BCUT2D eigenvalue weighted by Gasteiger charge is 2.19. The standard InChI is InChI=1S/C22H20N6O6S2/c1-24-35(31,32)14-8-6-13(7-9-14)21(29)26-19-11-10-15(36(33,34)28-23)12-17(19)20-25-18-5-3-2-4-16(18)22(30)27-20/h2-12,24,28H,23H2,1H3,(H,26,29)(H,25,27,30). The number of nitrogens with zero attached hydrogens (tertiary/aromatic N) is 1. The van der Waals surface area contributed by atoms with E-state index in [9.17, 15) is 26.4 Å². The van der Waals surface area contributed by atoms with Gasteiger partial charge >= 0.3 is 0 Å². The molecule has 36 heavy (non-hydrogen) atoms. The van der Waals surface area contributed by atoms with Crippen molar-refractivity contribution in [2.45, 2.75) is 9.79 Å². The summed E-state index contributed by atoms with van der Waals surface area (Å²) in [5, 5.41) is 2.98. The zero-order valence-corrected chi connectivity index (χ0v) is 20.3. The van der Waals surface area contributed by atoms with Crippen LogP contribution in [-0.4, -0.2) is 39.8 Å². The molecule has 0 aliphatic rings. The van der Waals surface area contributed by atoms with E-state index < -0.39 is 31.5 Å². The van der Waals surface area contributed by atoms with Crippen LogP contribution in [-0.2, 0) is 20.0 Å². The van der Waals surface area contributed by atoms with Crippen LogP contribution in [0.4, 0.5) is 5.69 Å². The SMILES string of the molecule is CNS(=O)(=O)c1ccc(C(=O)Nc2ccc(S(=O)(=O)NN)cc2-c2nc3ccccc3c(=O)[nH]2)cc1. The molecule has 0 atom stereocenters. The first-order valence-electron chi connectivity index (χ1n) is 10.3. The second-order valence-electron chi connectivity index (χ2n) is 7.45. The summed E-state index contributed by atoms with van der Waals surface area (Å²) in [6.07, 6.45) is 0. The predicted molar refractivity (Wildman–Crippen MR) is 133 cm³/mol. The third-order valence-corrected chi connectivity index (χ3v) is 7.88. The minimum Gasteiger partial charge on any atom is -0.321 e. The van der Waals surface area contributed by atoms with Crippen LogP contribution in [0.5, 0.6) is 0 Å². The van der Waals surface area contributed by atoms with Crippen LogP contribution in [0.25, 0.3) is 22.3 Å². The topological polar surface area (TPSA) is 193 Å². The van der Waals surface area contributed by atoms with Crippen LogP contribution in [0.3, 0.4) is 0 Å². The minimum absolute atomic E-state index is 0.0125. The molecule has 14 heteroatoms. The molecule has 1 aromatic heterocycles. The molecule has 0 saturated heterocycles. The Bertz CT molecular complexity index is 1750. The van der Waals surface area contributed by atoms with E-state index in [0.717, 1.165) is 0 Å². The van der Waals surface area contributed by atoms with Gasteiger partial charge in [0.05, 0.1) is 26.4 Å². The molecular formula is C22H20N6O6S2. The highest BCUT2D eigenvalue weighted by atomic mass is 32.2. The number of hydrazine groups is 1. The highest BCUT2D eigenvalue weighted by Crippen LogP contribution is 2.29. The lowest BCUT2D eigenvalue weighted by molar-refractivity contribution is 0.102. The fourth-order valence-corrected chi connectivity index (χ4v) is 4.76. The van der Waals surface area contributed by atoms with Crippen LogP contribution in [0.2, 0.25) is 0 Å². The van der Waals surface area contributed by atoms with E-state index in [1.807, 2.05) is 0 Å². The number of hydrogen-bond donors (Lipinski definition) is 5. The van der Waals surface area contributed by atoms with Crippen LogP contribution in [0, 0.1) is 0 Å². The number of nitrogens with one attached hydrogen (secondary N) is 4. The first-order valence-corrected chi connectivity index (χ1v) is 13.2. The lowest BCUT2D eigenvalue weighted by Gasteiger charge is -2.13. The Kier molecular flexibility index (Phi) is 6.71. The number of nitrogens with two attached hydrogens (primary N) is 1. The van der Waals surface area contributed by atoms with E-state index in [0.29, 0.717) is 10.9 Å². The van der Waals surface area contributed by atoms with Crippen LogP contribution in [0.1, 0.15) is 10.4 Å². The van der Waals surface area contributed by atoms with Gasteiger partial charge in [0, 0.05) is 11.1 Å². The quantitative estimate of drug-likeness (QED) is 0.172. The van der Waals surface area contributed by atoms with Crippen molar-refractivity contribution in [1.29, 1.82) is 0 Å². The summed E-state index contributed by atoms with van der Waals surface area (Å²) in [4.78, 5) is 34.0. The van der Waals surface area contributed by atoms with E-state index in [4.69, 9.17) is 5.84 Å². The molecule has 3 aromatic carbocycles. The number of carbonyl (C=O) groups is 1. The first-order chi connectivity index (χ1) is 17.1. The van der Waals surface area contributed by atoms with Gasteiger partial charge in [0.2, 0.25) is 10.0 Å². The van der Waals surface area contributed by atoms with E-state index in [1.54, 1.807) is 29.1 Å². The molecule has 1 heterocycles. The maximum Gasteiger partial charge on any atom is 0.259 e. The van der Waals surface area contributed by atoms with Gasteiger partial charge in [-0.1, -0.05) is 12.1 Å². The number of anilines is 1. The molecule has 0 aliphatic heterocycles. The molecule has 0 fully saturated rings. The number of aromatic amines is 1. The Morgan fingerprint density at radius 2 is 1.58 bits per heavy atom. The number of sulfonamides is 2. The Morgan fingerprint density at radius 3 is 2.25 bits per heavy atom. The molecule has 4 aromatic rings. The molecule has 0 bridgehead atoms. The molecule has 6 N–H and O–H groups in total. The number of rotatable bonds is 7. The van der Waals surface area contributed by atoms with Crippen molar-refractivity contribution >= 4 is 42.5 Å². The summed E-state index contributed by atoms with van der Waals surface area (Å²) >= 11 is 0. The summed E-state index contributed by atoms with van der Waals surface area (Å²) in [6.45, 7) is 0. The van der Waals surface area contributed by atoms with Gasteiger partial charge in [-0.15, -0.1) is 0 Å². The number of para-hydroxylation sites is 1. The Morgan fingerprint density at radius 1 is 0.917 bits per heavy atom. The number of amides is 1. The predicted octanol–water partition coefficient (Wildman–Crippen LogP) is 0.903. The first kappa shape index (κ1) is 25.2. The maximum absolute atomic E-state index is 12.9. The third kappa shape index (κ3) is 4.89. The van der Waals surface area contributed by atoms with Crippen molar-refractivity contribution in [3.8, 4) is 11.4 Å². The summed E-state index contributed by atoms with van der Waals surface area (Å²) in [5.41, 5.74) is 0.286. The zero-order valence-electron chi connectivity index (χ0n) is 18.6. The summed E-state index contributed by atoms with van der Waals surface area (Å²) in [6, 6.07) is 15.5. The number of carbonyl (C=O) groups excluding carboxylic acids is 1. The molecule has 4 rings (SSSR count). The fourth-order valence-electron chi connectivity index (χ4n) is 3.38. The maximum atomic E-state index is 12.9. The third-order valence-electron chi connectivity index (χ3n) is 5.27. The van der Waals surface area contributed by atoms with E-state index in [2.05, 4.69) is 20.0 Å². The normalized spacial score (nSPS) is 11.9. The molecule has 0 radical (unpaired) electrons. The molecule has 0 saturated carbocycles. The molecular weight excluding hydrogens is 508 g/mol. The van der Waals surface area contributed by atoms with Crippen LogP contribution >= 0.6 is 0 Å². The van der Waals surface area contributed by atoms with Crippen molar-refractivity contribution < 1.29 is 21.6 Å². The van der Waals surface area contributed by atoms with Gasteiger partial charge in [-0.3, -0.25) is 15.4 Å². The Balaban J connectivity index is 1.80. The molecule has 12 nitrogen and oxygen atoms in total. The van der Waals surface area contributed by atoms with Gasteiger partial charge in [-0.2, -0.15) is 4.83 Å². The average molecular weight is 529 g/mol. The van der Waals surface area contributed by atoms with E-state index >= 15 is 0 Å². The van der Waals surface area contributed by atoms with E-state index in [1.165, 1.54) is 49.5 Å². The van der Waals surface area contributed by atoms with Crippen molar-refractivity contribution in [1.82, 2.24) is 19.5 Å². The van der Waals surface area contributed by atoms with Gasteiger partial charge in [0.15, 0.2) is 0 Å². The van der Waals surface area contributed by atoms with Gasteiger partial charge in [0.25, 0.3) is 21.5 Å². The van der Waals surface area contributed by atoms with Crippen molar-refractivity contribution in [2.75, 3.05) is 12.4 Å². The molecule has 0 unspecified atom stereocenters. The lowest BCUT2D eigenvalue weighted by Crippen LogP contribution is -2.30. The van der Waals surface area contributed by atoms with Gasteiger partial charge < -0.3 is 10.3 Å². The number of H-pyrrole nitrogens is 1. The van der Waals surface area contributed by atoms with Gasteiger partial charge in [0.1, 0.15) is 5.82 Å². The monoisotopic (exact) mass is 528 g/mol. The number of hydrogen-bond acceptors (Lipinski definition) is 8. The Hall–Kier alpha value is -3.95. The number of benzene rings is 3. The molecule has 0 spiro atoms. The fraction of sp³-hybridized carbons (Fsp3) is 0.0455. The van der Waals surface area contributed by atoms with Crippen molar-refractivity contribution in [3.63, 3.8) is 0 Å². The summed E-state index contributed by atoms with van der Waals surface area (Å²) in [5.74, 6) is 4.55. The number of aromatic nitrogens is 2. The molecule has 186 valence electrons. The minimum atomic E-state index is -4.07. The lowest BCUT2D eigenvalue weighted by atomic mass is 10.1.